The van der Waals surface area contributed by atoms with Crippen LogP contribution in [-0.2, 0) is 0 Å². The second-order valence-corrected chi connectivity index (χ2v) is 5.57. The monoisotopic (exact) mass is 273 g/mol. The fraction of sp³-hybridized carbons (Fsp3) is 0.438. The number of fused-ring (bicyclic) bond motifs is 1. The summed E-state index contributed by atoms with van der Waals surface area (Å²) in [5, 5.41) is 14.5. The molecule has 20 heavy (non-hydrogen) atoms. The number of anilines is 1. The summed E-state index contributed by atoms with van der Waals surface area (Å²) in [4.78, 5) is 11.5. The average molecular weight is 273 g/mol. The Labute approximate surface area is 117 Å². The van der Waals surface area contributed by atoms with Gasteiger partial charge in [0.05, 0.1) is 5.69 Å². The summed E-state index contributed by atoms with van der Waals surface area (Å²) in [5.41, 5.74) is 1.31. The maximum absolute atomic E-state index is 11.5. The number of nitrogens with one attached hydrogen (secondary N) is 1. The number of rotatable bonds is 2. The highest BCUT2D eigenvalue weighted by molar-refractivity contribution is 5.90. The Bertz CT molecular complexity index is 684. The molecular weight excluding hydrogens is 254 g/mol. The summed E-state index contributed by atoms with van der Waals surface area (Å²) in [7, 11) is 0. The van der Waals surface area contributed by atoms with E-state index in [2.05, 4.69) is 5.32 Å². The summed E-state index contributed by atoms with van der Waals surface area (Å²) in [6, 6.07) is 5.58. The van der Waals surface area contributed by atoms with E-state index >= 15 is 0 Å². The van der Waals surface area contributed by atoms with Gasteiger partial charge in [-0.15, -0.1) is 0 Å². The van der Waals surface area contributed by atoms with Gasteiger partial charge in [0, 0.05) is 17.5 Å². The van der Waals surface area contributed by atoms with Crippen LogP contribution in [0.5, 0.6) is 5.75 Å². The fourth-order valence-electron chi connectivity index (χ4n) is 2.95. The third-order valence-electron chi connectivity index (χ3n) is 4.06. The summed E-state index contributed by atoms with van der Waals surface area (Å²) in [6.07, 6.45) is 5.97. The second kappa shape index (κ2) is 5.19. The van der Waals surface area contributed by atoms with Crippen LogP contribution in [-0.4, -0.2) is 11.1 Å². The molecule has 1 aliphatic rings. The molecule has 0 aliphatic heterocycles. The molecule has 3 rings (SSSR count). The molecule has 4 heteroatoms. The molecule has 1 aromatic heterocycles. The molecule has 0 spiro atoms. The number of hydrogen-bond acceptors (Lipinski definition) is 4. The summed E-state index contributed by atoms with van der Waals surface area (Å²) < 4.78 is 5.16. The number of phenolic OH excluding ortho intramolecular Hbond substituents is 1. The quantitative estimate of drug-likeness (QED) is 0.649. The Balaban J connectivity index is 2.00. The first kappa shape index (κ1) is 13.0. The fourth-order valence-corrected chi connectivity index (χ4v) is 2.95. The van der Waals surface area contributed by atoms with Gasteiger partial charge < -0.3 is 14.8 Å². The first-order valence-electron chi connectivity index (χ1n) is 7.18. The Morgan fingerprint density at radius 3 is 2.75 bits per heavy atom. The Kier molecular flexibility index (Phi) is 3.38. The number of phenols is 1. The first-order chi connectivity index (χ1) is 9.65. The van der Waals surface area contributed by atoms with E-state index in [1.165, 1.54) is 25.3 Å². The molecule has 0 amide bonds. The van der Waals surface area contributed by atoms with Crippen molar-refractivity contribution in [2.24, 2.45) is 0 Å². The standard InChI is InChI=1S/C16H19NO3/c1-10-9-14(18)20-16-12(10)7-8-13(15(16)19)17-11-5-3-2-4-6-11/h7-9,11,17,19H,2-6H2,1H3. The van der Waals surface area contributed by atoms with Crippen LogP contribution >= 0.6 is 0 Å². The van der Waals surface area contributed by atoms with E-state index in [0.29, 0.717) is 11.7 Å². The highest BCUT2D eigenvalue weighted by Crippen LogP contribution is 2.34. The minimum absolute atomic E-state index is 0.0360. The number of hydrogen-bond donors (Lipinski definition) is 2. The minimum Gasteiger partial charge on any atom is -0.503 e. The molecule has 2 N–H and O–H groups in total. The van der Waals surface area contributed by atoms with Gasteiger partial charge in [-0.25, -0.2) is 4.79 Å². The van der Waals surface area contributed by atoms with E-state index in [9.17, 15) is 9.90 Å². The topological polar surface area (TPSA) is 62.5 Å². The van der Waals surface area contributed by atoms with E-state index < -0.39 is 5.63 Å². The number of aromatic hydroxyl groups is 1. The highest BCUT2D eigenvalue weighted by Gasteiger charge is 2.17. The molecule has 0 unspecified atom stereocenters. The number of benzene rings is 1. The van der Waals surface area contributed by atoms with Crippen molar-refractivity contribution >= 4 is 16.7 Å². The highest BCUT2D eigenvalue weighted by atomic mass is 16.4. The Morgan fingerprint density at radius 1 is 1.25 bits per heavy atom. The van der Waals surface area contributed by atoms with Gasteiger partial charge in [-0.1, -0.05) is 19.3 Å². The smallest absolute Gasteiger partial charge is 0.336 e. The van der Waals surface area contributed by atoms with Crippen LogP contribution in [0.25, 0.3) is 11.0 Å². The van der Waals surface area contributed by atoms with Crippen molar-refractivity contribution < 1.29 is 9.52 Å². The van der Waals surface area contributed by atoms with Gasteiger partial charge in [0.25, 0.3) is 0 Å². The summed E-state index contributed by atoms with van der Waals surface area (Å²) >= 11 is 0. The van der Waals surface area contributed by atoms with Crippen molar-refractivity contribution in [3.63, 3.8) is 0 Å². The van der Waals surface area contributed by atoms with Gasteiger partial charge >= 0.3 is 5.63 Å². The SMILES string of the molecule is Cc1cc(=O)oc2c(O)c(NC3CCCCC3)ccc12. The molecule has 1 aliphatic carbocycles. The van der Waals surface area contributed by atoms with Crippen molar-refractivity contribution in [3.05, 3.63) is 34.2 Å². The van der Waals surface area contributed by atoms with Crippen LogP contribution < -0.4 is 10.9 Å². The van der Waals surface area contributed by atoms with Crippen molar-refractivity contribution in [2.45, 2.75) is 45.1 Å². The van der Waals surface area contributed by atoms with Gasteiger partial charge in [0.1, 0.15) is 0 Å². The predicted octanol–water partition coefficient (Wildman–Crippen LogP) is 3.55. The van der Waals surface area contributed by atoms with Gasteiger partial charge in [0.2, 0.25) is 0 Å². The maximum Gasteiger partial charge on any atom is 0.336 e. The lowest BCUT2D eigenvalue weighted by Crippen LogP contribution is -2.22. The van der Waals surface area contributed by atoms with E-state index in [0.717, 1.165) is 23.8 Å². The molecule has 1 saturated carbocycles. The number of aryl methyl sites for hydroxylation is 1. The lowest BCUT2D eigenvalue weighted by atomic mass is 9.95. The maximum atomic E-state index is 11.5. The van der Waals surface area contributed by atoms with Crippen LogP contribution in [0.15, 0.2) is 27.4 Å². The van der Waals surface area contributed by atoms with Gasteiger partial charge in [-0.3, -0.25) is 0 Å². The molecule has 2 aromatic rings. The molecule has 0 bridgehead atoms. The van der Waals surface area contributed by atoms with Gasteiger partial charge in [-0.2, -0.15) is 0 Å². The van der Waals surface area contributed by atoms with Crippen LogP contribution in [0, 0.1) is 6.92 Å². The van der Waals surface area contributed by atoms with Crippen molar-refractivity contribution in [1.82, 2.24) is 0 Å². The van der Waals surface area contributed by atoms with Gasteiger partial charge in [-0.05, 0) is 37.5 Å². The average Bonchev–Trinajstić information content (AvgIpc) is 2.43. The zero-order chi connectivity index (χ0) is 14.1. The third-order valence-corrected chi connectivity index (χ3v) is 4.06. The molecule has 1 aromatic carbocycles. The van der Waals surface area contributed by atoms with Gasteiger partial charge in [0.15, 0.2) is 11.3 Å². The Morgan fingerprint density at radius 2 is 2.00 bits per heavy atom. The molecule has 106 valence electrons. The zero-order valence-corrected chi connectivity index (χ0v) is 11.6. The lowest BCUT2D eigenvalue weighted by Gasteiger charge is -2.24. The van der Waals surface area contributed by atoms with E-state index in [-0.39, 0.29) is 11.3 Å². The van der Waals surface area contributed by atoms with Crippen LogP contribution in [0.2, 0.25) is 0 Å². The predicted molar refractivity (Wildman–Crippen MR) is 79.4 cm³/mol. The zero-order valence-electron chi connectivity index (χ0n) is 11.6. The second-order valence-electron chi connectivity index (χ2n) is 5.57. The molecule has 0 atom stereocenters. The molecular formula is C16H19NO3. The summed E-state index contributed by atoms with van der Waals surface area (Å²) in [6.45, 7) is 1.84. The first-order valence-corrected chi connectivity index (χ1v) is 7.18. The van der Waals surface area contributed by atoms with Crippen molar-refractivity contribution in [2.75, 3.05) is 5.32 Å². The normalized spacial score (nSPS) is 16.4. The van der Waals surface area contributed by atoms with Crippen LogP contribution in [0.4, 0.5) is 5.69 Å². The van der Waals surface area contributed by atoms with E-state index in [1.54, 1.807) is 0 Å². The largest absolute Gasteiger partial charge is 0.503 e. The van der Waals surface area contributed by atoms with Crippen molar-refractivity contribution in [3.8, 4) is 5.75 Å². The van der Waals surface area contributed by atoms with Crippen LogP contribution in [0.3, 0.4) is 0 Å². The lowest BCUT2D eigenvalue weighted by molar-refractivity contribution is 0.446. The molecule has 1 fully saturated rings. The molecule has 4 nitrogen and oxygen atoms in total. The van der Waals surface area contributed by atoms with E-state index in [4.69, 9.17) is 4.42 Å². The summed E-state index contributed by atoms with van der Waals surface area (Å²) in [5.74, 6) is 0.0360. The minimum atomic E-state index is -0.430. The van der Waals surface area contributed by atoms with E-state index in [1.807, 2.05) is 19.1 Å². The van der Waals surface area contributed by atoms with Crippen molar-refractivity contribution in [1.29, 1.82) is 0 Å². The third kappa shape index (κ3) is 2.38. The molecule has 0 radical (unpaired) electrons. The molecule has 0 saturated heterocycles. The van der Waals surface area contributed by atoms with Crippen LogP contribution in [0.1, 0.15) is 37.7 Å². The Hall–Kier alpha value is -1.97. The molecule has 1 heterocycles.